The molecule has 0 spiro atoms. The van der Waals surface area contributed by atoms with Gasteiger partial charge in [-0.2, -0.15) is 15.0 Å². The number of hydrogen-bond acceptors (Lipinski definition) is 11. The first kappa shape index (κ1) is 28.2. The molecule has 5 fully saturated rings. The molecule has 6 rings (SSSR count). The third-order valence-corrected chi connectivity index (χ3v) is 9.25. The zero-order valence-electron chi connectivity index (χ0n) is 24.6. The van der Waals surface area contributed by atoms with Gasteiger partial charge in [-0.05, 0) is 45.6 Å². The van der Waals surface area contributed by atoms with Crippen molar-refractivity contribution in [2.75, 3.05) is 120 Å². The molecule has 0 N–H and O–H groups in total. The molecule has 0 bridgehead atoms. The normalized spacial score (nSPS) is 24.5. The molecule has 13 heteroatoms. The highest BCUT2D eigenvalue weighted by Crippen LogP contribution is 2.25. The zero-order valence-corrected chi connectivity index (χ0v) is 24.6. The maximum absolute atomic E-state index is 13.0. The van der Waals surface area contributed by atoms with E-state index in [9.17, 15) is 9.59 Å². The average Bonchev–Trinajstić information content (AvgIpc) is 3.80. The van der Waals surface area contributed by atoms with Crippen LogP contribution in [0.15, 0.2) is 0 Å². The number of carbonyl (C=O) groups excluding carboxylic acids is 2. The fourth-order valence-corrected chi connectivity index (χ4v) is 6.58. The molecule has 0 saturated carbocycles. The Kier molecular flexibility index (Phi) is 8.90. The number of rotatable bonds is 7. The van der Waals surface area contributed by atoms with E-state index in [4.69, 9.17) is 19.7 Å². The van der Waals surface area contributed by atoms with Crippen LogP contribution in [0.4, 0.5) is 22.6 Å². The van der Waals surface area contributed by atoms with E-state index in [1.165, 1.54) is 25.7 Å². The molecule has 2 amide bonds. The number of likely N-dealkylation sites (tertiary alicyclic amines) is 1. The Balaban J connectivity index is 1.00. The second-order valence-electron chi connectivity index (χ2n) is 12.1. The van der Waals surface area contributed by atoms with Crippen LogP contribution in [0.1, 0.15) is 38.5 Å². The number of hydrogen-bond donors (Lipinski definition) is 0. The summed E-state index contributed by atoms with van der Waals surface area (Å²) in [5.74, 6) is 2.41. The Bertz CT molecular complexity index is 1010. The Morgan fingerprint density at radius 2 is 1.22 bits per heavy atom. The van der Waals surface area contributed by atoms with Gasteiger partial charge in [0, 0.05) is 85.1 Å². The zero-order chi connectivity index (χ0) is 28.2. The Morgan fingerprint density at radius 3 is 1.78 bits per heavy atom. The standard InChI is InChI=1S/C28H46N10O3/c1-32-13-15-33(16-14-32)21-24(39)38-12-6-7-23(38)22-41-28(40)37-19-17-36(18-20-37)27-30-25(34-8-2-3-9-34)29-26(31-27)35-10-4-5-11-35/h23H,2-22H2,1H3. The van der Waals surface area contributed by atoms with E-state index in [2.05, 4.69) is 31.5 Å². The van der Waals surface area contributed by atoms with Gasteiger partial charge in [-0.3, -0.25) is 9.69 Å². The van der Waals surface area contributed by atoms with E-state index < -0.39 is 0 Å². The van der Waals surface area contributed by atoms with Gasteiger partial charge < -0.3 is 34.1 Å². The van der Waals surface area contributed by atoms with Crippen molar-refractivity contribution < 1.29 is 14.3 Å². The highest BCUT2D eigenvalue weighted by atomic mass is 16.6. The molecule has 1 atom stereocenters. The minimum atomic E-state index is -0.297. The first-order chi connectivity index (χ1) is 20.0. The van der Waals surface area contributed by atoms with Crippen LogP contribution in [0.5, 0.6) is 0 Å². The number of aromatic nitrogens is 3. The topological polar surface area (TPSA) is 105 Å². The van der Waals surface area contributed by atoms with Crippen LogP contribution in [-0.4, -0.2) is 158 Å². The van der Waals surface area contributed by atoms with E-state index in [1.54, 1.807) is 4.90 Å². The van der Waals surface area contributed by atoms with Crippen LogP contribution in [0, 0.1) is 0 Å². The second-order valence-corrected chi connectivity index (χ2v) is 12.1. The van der Waals surface area contributed by atoms with E-state index in [-0.39, 0.29) is 24.6 Å². The van der Waals surface area contributed by atoms with Crippen LogP contribution in [-0.2, 0) is 9.53 Å². The third-order valence-electron chi connectivity index (χ3n) is 9.25. The van der Waals surface area contributed by atoms with Crippen molar-refractivity contribution in [2.24, 2.45) is 0 Å². The smallest absolute Gasteiger partial charge is 0.409 e. The molecular formula is C28H46N10O3. The number of ether oxygens (including phenoxy) is 1. The quantitative estimate of drug-likeness (QED) is 0.460. The van der Waals surface area contributed by atoms with Crippen molar-refractivity contribution >= 4 is 29.8 Å². The molecule has 5 aliphatic rings. The largest absolute Gasteiger partial charge is 0.447 e. The lowest BCUT2D eigenvalue weighted by molar-refractivity contribution is -0.134. The summed E-state index contributed by atoms with van der Waals surface area (Å²) in [4.78, 5) is 55.5. The summed E-state index contributed by atoms with van der Waals surface area (Å²) in [5.41, 5.74) is 0. The lowest BCUT2D eigenvalue weighted by atomic mass is 10.2. The Labute approximate surface area is 243 Å². The van der Waals surface area contributed by atoms with E-state index in [1.807, 2.05) is 4.90 Å². The minimum absolute atomic E-state index is 0.0292. The summed E-state index contributed by atoms with van der Waals surface area (Å²) < 4.78 is 5.76. The van der Waals surface area contributed by atoms with Crippen molar-refractivity contribution in [3.63, 3.8) is 0 Å². The number of nitrogens with zero attached hydrogens (tertiary/aromatic N) is 10. The number of likely N-dealkylation sites (N-methyl/N-ethyl adjacent to an activating group) is 1. The summed E-state index contributed by atoms with van der Waals surface area (Å²) in [6, 6.07) is -0.0292. The SMILES string of the molecule is CN1CCN(CC(=O)N2CCCC2COC(=O)N2CCN(c3nc(N4CCCC4)nc(N4CCCC4)n3)CC2)CC1. The van der Waals surface area contributed by atoms with Crippen LogP contribution in [0.25, 0.3) is 0 Å². The summed E-state index contributed by atoms with van der Waals surface area (Å²) in [5, 5.41) is 0. The molecule has 1 unspecified atom stereocenters. The molecule has 5 aliphatic heterocycles. The molecule has 6 heterocycles. The highest BCUT2D eigenvalue weighted by Gasteiger charge is 2.33. The van der Waals surface area contributed by atoms with Gasteiger partial charge in [-0.1, -0.05) is 0 Å². The van der Waals surface area contributed by atoms with Gasteiger partial charge in [0.25, 0.3) is 0 Å². The van der Waals surface area contributed by atoms with E-state index >= 15 is 0 Å². The first-order valence-electron chi connectivity index (χ1n) is 15.7. The van der Waals surface area contributed by atoms with Crippen molar-refractivity contribution in [1.29, 1.82) is 0 Å². The number of carbonyl (C=O) groups is 2. The molecule has 1 aromatic rings. The van der Waals surface area contributed by atoms with E-state index in [0.29, 0.717) is 38.7 Å². The van der Waals surface area contributed by atoms with Gasteiger partial charge in [0.05, 0.1) is 12.6 Å². The lowest BCUT2D eigenvalue weighted by Crippen LogP contribution is -2.51. The monoisotopic (exact) mass is 570 g/mol. The van der Waals surface area contributed by atoms with Gasteiger partial charge >= 0.3 is 6.09 Å². The Morgan fingerprint density at radius 1 is 0.683 bits per heavy atom. The van der Waals surface area contributed by atoms with Gasteiger partial charge in [0.1, 0.15) is 6.61 Å². The number of amides is 2. The molecule has 1 aromatic heterocycles. The summed E-state index contributed by atoms with van der Waals surface area (Å²) >= 11 is 0. The predicted octanol–water partition coefficient (Wildman–Crippen LogP) is 0.569. The fourth-order valence-electron chi connectivity index (χ4n) is 6.58. The van der Waals surface area contributed by atoms with Crippen LogP contribution in [0.2, 0.25) is 0 Å². The summed E-state index contributed by atoms with van der Waals surface area (Å²) in [7, 11) is 2.12. The lowest BCUT2D eigenvalue weighted by Gasteiger charge is -2.35. The molecular weight excluding hydrogens is 524 g/mol. The highest BCUT2D eigenvalue weighted by molar-refractivity contribution is 5.79. The molecule has 0 aromatic carbocycles. The van der Waals surface area contributed by atoms with Gasteiger partial charge in [-0.15, -0.1) is 0 Å². The van der Waals surface area contributed by atoms with Gasteiger partial charge in [-0.25, -0.2) is 4.79 Å². The Hall–Kier alpha value is -2.93. The van der Waals surface area contributed by atoms with Gasteiger partial charge in [0.15, 0.2) is 0 Å². The molecule has 226 valence electrons. The molecule has 0 aliphatic carbocycles. The van der Waals surface area contributed by atoms with Crippen molar-refractivity contribution in [3.05, 3.63) is 0 Å². The summed E-state index contributed by atoms with van der Waals surface area (Å²) in [6.45, 7) is 11.7. The maximum atomic E-state index is 13.0. The fraction of sp³-hybridized carbons (Fsp3) is 0.821. The number of piperazine rings is 2. The number of anilines is 3. The molecule has 0 radical (unpaired) electrons. The van der Waals surface area contributed by atoms with Gasteiger partial charge in [0.2, 0.25) is 23.8 Å². The molecule has 13 nitrogen and oxygen atoms in total. The maximum Gasteiger partial charge on any atom is 0.409 e. The molecule has 41 heavy (non-hydrogen) atoms. The predicted molar refractivity (Wildman–Crippen MR) is 157 cm³/mol. The second kappa shape index (κ2) is 12.9. The van der Waals surface area contributed by atoms with Crippen molar-refractivity contribution in [1.82, 2.24) is 34.6 Å². The van der Waals surface area contributed by atoms with Crippen LogP contribution in [0.3, 0.4) is 0 Å². The van der Waals surface area contributed by atoms with Crippen molar-refractivity contribution in [3.8, 4) is 0 Å². The average molecular weight is 571 g/mol. The first-order valence-corrected chi connectivity index (χ1v) is 15.7. The minimum Gasteiger partial charge on any atom is -0.447 e. The summed E-state index contributed by atoms with van der Waals surface area (Å²) in [6.07, 6.45) is 6.23. The van der Waals surface area contributed by atoms with E-state index in [0.717, 1.165) is 83.6 Å². The third kappa shape index (κ3) is 6.77. The van der Waals surface area contributed by atoms with Crippen LogP contribution < -0.4 is 14.7 Å². The van der Waals surface area contributed by atoms with Crippen molar-refractivity contribution in [2.45, 2.75) is 44.6 Å². The molecule has 5 saturated heterocycles. The van der Waals surface area contributed by atoms with Crippen LogP contribution >= 0.6 is 0 Å².